The fraction of sp³-hybridized carbons (Fsp3) is 0.304. The molecule has 1 saturated heterocycles. The molecule has 0 spiro atoms. The first kappa shape index (κ1) is 14.5. The minimum Gasteiger partial charge on any atom is -0.274 e. The molecule has 3 nitrogen and oxygen atoms in total. The molecule has 2 amide bonds. The summed E-state index contributed by atoms with van der Waals surface area (Å²) in [6.07, 6.45) is 5.63. The molecule has 0 radical (unpaired) electrons. The summed E-state index contributed by atoms with van der Waals surface area (Å²) in [7, 11) is 0. The van der Waals surface area contributed by atoms with Crippen molar-refractivity contribution < 1.29 is 9.59 Å². The maximum absolute atomic E-state index is 13.1. The molecule has 2 bridgehead atoms. The summed E-state index contributed by atoms with van der Waals surface area (Å²) in [5.41, 5.74) is 2.94. The van der Waals surface area contributed by atoms with Crippen LogP contribution in [0.3, 0.4) is 0 Å². The van der Waals surface area contributed by atoms with Crippen LogP contribution in [0.15, 0.2) is 66.7 Å². The van der Waals surface area contributed by atoms with Gasteiger partial charge in [0.2, 0.25) is 11.8 Å². The molecule has 5 aliphatic rings. The highest BCUT2D eigenvalue weighted by molar-refractivity contribution is 6.22. The van der Waals surface area contributed by atoms with Gasteiger partial charge in [-0.1, -0.05) is 54.6 Å². The van der Waals surface area contributed by atoms with Crippen LogP contribution in [0.4, 0.5) is 5.69 Å². The van der Waals surface area contributed by atoms with Crippen molar-refractivity contribution in [2.75, 3.05) is 4.90 Å². The highest BCUT2D eigenvalue weighted by Gasteiger charge is 2.67. The monoisotopic (exact) mass is 341 g/mol. The zero-order chi connectivity index (χ0) is 17.4. The van der Waals surface area contributed by atoms with Gasteiger partial charge in [-0.05, 0) is 53.4 Å². The molecule has 4 aliphatic carbocycles. The van der Waals surface area contributed by atoms with E-state index in [0.717, 1.165) is 11.1 Å². The molecule has 2 aromatic rings. The molecule has 0 aromatic heterocycles. The van der Waals surface area contributed by atoms with E-state index in [1.807, 2.05) is 42.5 Å². The molecular formula is C23H19NO2. The minimum absolute atomic E-state index is 0.0113. The molecule has 0 N–H and O–H groups in total. The highest BCUT2D eigenvalue weighted by atomic mass is 16.2. The van der Waals surface area contributed by atoms with Crippen LogP contribution in [-0.2, 0) is 9.59 Å². The van der Waals surface area contributed by atoms with Crippen LogP contribution in [0, 0.1) is 35.5 Å². The van der Waals surface area contributed by atoms with Crippen molar-refractivity contribution in [3.8, 4) is 11.1 Å². The number of rotatable bonds is 2. The van der Waals surface area contributed by atoms with Crippen LogP contribution in [-0.4, -0.2) is 11.8 Å². The standard InChI is InChI=1S/C23H19NO2/c25-22-20-16-10-11-17(19-12-18(16)19)21(20)23(26)24(22)15-8-6-14(7-9-15)13-4-2-1-3-5-13/h1-11,16-21H,12H2/t16-,17+,18-,19-,20+,21-/m1/s1. The van der Waals surface area contributed by atoms with E-state index in [1.54, 1.807) is 0 Å². The lowest BCUT2D eigenvalue weighted by Crippen LogP contribution is -2.40. The van der Waals surface area contributed by atoms with Crippen LogP contribution >= 0.6 is 0 Å². The number of carbonyl (C=O) groups is 2. The lowest BCUT2D eigenvalue weighted by molar-refractivity contribution is -0.124. The summed E-state index contributed by atoms with van der Waals surface area (Å²) >= 11 is 0. The zero-order valence-electron chi connectivity index (χ0n) is 14.3. The Hall–Kier alpha value is -2.68. The van der Waals surface area contributed by atoms with Crippen LogP contribution in [0.5, 0.6) is 0 Å². The van der Waals surface area contributed by atoms with Gasteiger partial charge in [0.15, 0.2) is 0 Å². The summed E-state index contributed by atoms with van der Waals surface area (Å²) in [6.45, 7) is 0. The van der Waals surface area contributed by atoms with Gasteiger partial charge in [0, 0.05) is 0 Å². The fourth-order valence-corrected chi connectivity index (χ4v) is 5.65. The second kappa shape index (κ2) is 4.94. The van der Waals surface area contributed by atoms with Crippen LogP contribution in [0.1, 0.15) is 6.42 Å². The Morgan fingerprint density at radius 3 is 1.81 bits per heavy atom. The van der Waals surface area contributed by atoms with Gasteiger partial charge in [-0.25, -0.2) is 0 Å². The Morgan fingerprint density at radius 1 is 0.692 bits per heavy atom. The molecule has 7 rings (SSSR count). The number of nitrogens with zero attached hydrogens (tertiary/aromatic N) is 1. The predicted molar refractivity (Wildman–Crippen MR) is 99.1 cm³/mol. The van der Waals surface area contributed by atoms with E-state index >= 15 is 0 Å². The molecule has 3 heteroatoms. The van der Waals surface area contributed by atoms with Crippen molar-refractivity contribution in [2.45, 2.75) is 6.42 Å². The summed E-state index contributed by atoms with van der Waals surface area (Å²) in [6, 6.07) is 17.9. The van der Waals surface area contributed by atoms with Crippen molar-refractivity contribution in [2.24, 2.45) is 35.5 Å². The second-order valence-electron chi connectivity index (χ2n) is 8.08. The normalized spacial score (nSPS) is 36.2. The number of imide groups is 1. The third-order valence-corrected chi connectivity index (χ3v) is 6.90. The van der Waals surface area contributed by atoms with E-state index in [4.69, 9.17) is 0 Å². The third-order valence-electron chi connectivity index (χ3n) is 6.90. The molecule has 1 aliphatic heterocycles. The van der Waals surface area contributed by atoms with E-state index in [2.05, 4.69) is 24.3 Å². The lowest BCUT2D eigenvalue weighted by Gasteiger charge is -2.37. The first-order valence-electron chi connectivity index (χ1n) is 9.45. The first-order chi connectivity index (χ1) is 12.7. The lowest BCUT2D eigenvalue weighted by atomic mass is 9.63. The molecule has 26 heavy (non-hydrogen) atoms. The SMILES string of the molecule is O=C1[C@@H]2[C@H]3C=C[C@H]([C@H]4C[C@H]34)[C@@H]2C(=O)N1c1ccc(-c2ccccc2)cc1. The Labute approximate surface area is 152 Å². The van der Waals surface area contributed by atoms with Crippen LogP contribution in [0.25, 0.3) is 11.1 Å². The molecule has 0 unspecified atom stereocenters. The molecule has 1 heterocycles. The van der Waals surface area contributed by atoms with Gasteiger partial charge in [-0.15, -0.1) is 0 Å². The number of carbonyl (C=O) groups excluding carboxylic acids is 2. The van der Waals surface area contributed by atoms with E-state index in [1.165, 1.54) is 11.3 Å². The number of anilines is 1. The van der Waals surface area contributed by atoms with Crippen LogP contribution in [0.2, 0.25) is 0 Å². The largest absolute Gasteiger partial charge is 0.274 e. The number of hydrogen-bond acceptors (Lipinski definition) is 2. The molecular weight excluding hydrogens is 322 g/mol. The van der Waals surface area contributed by atoms with E-state index in [-0.39, 0.29) is 35.5 Å². The average molecular weight is 341 g/mol. The van der Waals surface area contributed by atoms with Crippen LogP contribution < -0.4 is 4.90 Å². The van der Waals surface area contributed by atoms with Crippen molar-refractivity contribution in [3.05, 3.63) is 66.7 Å². The molecule has 6 atom stereocenters. The molecule has 2 saturated carbocycles. The topological polar surface area (TPSA) is 37.4 Å². The fourth-order valence-electron chi connectivity index (χ4n) is 5.65. The van der Waals surface area contributed by atoms with Crippen molar-refractivity contribution >= 4 is 17.5 Å². The van der Waals surface area contributed by atoms with Gasteiger partial charge in [-0.2, -0.15) is 0 Å². The van der Waals surface area contributed by atoms with E-state index in [0.29, 0.717) is 17.5 Å². The van der Waals surface area contributed by atoms with Crippen molar-refractivity contribution in [1.29, 1.82) is 0 Å². The van der Waals surface area contributed by atoms with Crippen molar-refractivity contribution in [3.63, 3.8) is 0 Å². The second-order valence-corrected chi connectivity index (χ2v) is 8.08. The summed E-state index contributed by atoms with van der Waals surface area (Å²) in [5.74, 6) is 1.60. The van der Waals surface area contributed by atoms with Gasteiger partial charge in [-0.3, -0.25) is 14.5 Å². The number of benzene rings is 2. The minimum atomic E-state index is -0.130. The predicted octanol–water partition coefficient (Wildman–Crippen LogP) is 3.91. The van der Waals surface area contributed by atoms with Gasteiger partial charge in [0.1, 0.15) is 0 Å². The molecule has 2 aromatic carbocycles. The Morgan fingerprint density at radius 2 is 1.23 bits per heavy atom. The summed E-state index contributed by atoms with van der Waals surface area (Å²) < 4.78 is 0. The summed E-state index contributed by atoms with van der Waals surface area (Å²) in [5, 5.41) is 0. The van der Waals surface area contributed by atoms with Gasteiger partial charge < -0.3 is 0 Å². The first-order valence-corrected chi connectivity index (χ1v) is 9.45. The smallest absolute Gasteiger partial charge is 0.238 e. The Bertz CT molecular complexity index is 910. The number of hydrogen-bond donors (Lipinski definition) is 0. The highest BCUT2D eigenvalue weighted by Crippen LogP contribution is 2.65. The van der Waals surface area contributed by atoms with E-state index in [9.17, 15) is 9.59 Å². The average Bonchev–Trinajstić information content (AvgIpc) is 3.47. The van der Waals surface area contributed by atoms with Gasteiger partial charge in [0.05, 0.1) is 17.5 Å². The number of amides is 2. The number of allylic oxidation sites excluding steroid dienone is 2. The van der Waals surface area contributed by atoms with E-state index < -0.39 is 0 Å². The summed E-state index contributed by atoms with van der Waals surface area (Å²) in [4.78, 5) is 27.7. The Kier molecular flexibility index (Phi) is 2.75. The molecule has 3 fully saturated rings. The van der Waals surface area contributed by atoms with Crippen molar-refractivity contribution in [1.82, 2.24) is 0 Å². The zero-order valence-corrected chi connectivity index (χ0v) is 14.3. The van der Waals surface area contributed by atoms with Gasteiger partial charge in [0.25, 0.3) is 0 Å². The Balaban J connectivity index is 1.35. The van der Waals surface area contributed by atoms with Gasteiger partial charge >= 0.3 is 0 Å². The quantitative estimate of drug-likeness (QED) is 0.613. The maximum Gasteiger partial charge on any atom is 0.238 e. The molecule has 128 valence electrons. The maximum atomic E-state index is 13.1. The third kappa shape index (κ3) is 1.78.